The van der Waals surface area contributed by atoms with Crippen LogP contribution >= 0.6 is 0 Å². The van der Waals surface area contributed by atoms with Gasteiger partial charge in [0.15, 0.2) is 11.6 Å². The smallest absolute Gasteiger partial charge is 0.254 e. The van der Waals surface area contributed by atoms with Gasteiger partial charge in [-0.05, 0) is 32.1 Å². The zero-order valence-electron chi connectivity index (χ0n) is 11.9. The van der Waals surface area contributed by atoms with Crippen LogP contribution in [0.2, 0.25) is 0 Å². The van der Waals surface area contributed by atoms with Crippen LogP contribution in [0.15, 0.2) is 12.3 Å². The summed E-state index contributed by atoms with van der Waals surface area (Å²) < 4.78 is 13.8. The van der Waals surface area contributed by atoms with Gasteiger partial charge in [-0.1, -0.05) is 13.8 Å². The predicted molar refractivity (Wildman–Crippen MR) is 76.7 cm³/mol. The topological polar surface area (TPSA) is 83.3 Å². The third-order valence-corrected chi connectivity index (χ3v) is 3.10. The van der Waals surface area contributed by atoms with E-state index in [2.05, 4.69) is 34.5 Å². The number of hydrazine groups is 1. The quantitative estimate of drug-likeness (QED) is 0.376. The van der Waals surface area contributed by atoms with E-state index in [1.54, 1.807) is 0 Å². The third kappa shape index (κ3) is 4.43. The summed E-state index contributed by atoms with van der Waals surface area (Å²) in [4.78, 5) is 17.8. The minimum atomic E-state index is -0.740. The molecular weight excluding hydrogens is 261 g/mol. The fourth-order valence-electron chi connectivity index (χ4n) is 1.86. The monoisotopic (exact) mass is 283 g/mol. The van der Waals surface area contributed by atoms with Crippen LogP contribution in [-0.2, 0) is 0 Å². The van der Waals surface area contributed by atoms with E-state index in [1.165, 1.54) is 12.3 Å². The van der Waals surface area contributed by atoms with Crippen molar-refractivity contribution < 1.29 is 9.18 Å². The van der Waals surface area contributed by atoms with Crippen molar-refractivity contribution in [3.05, 3.63) is 23.6 Å². The molecule has 1 rings (SSSR count). The Morgan fingerprint density at radius 2 is 2.15 bits per heavy atom. The number of amides is 1. The molecule has 0 spiro atoms. The minimum absolute atomic E-state index is 0.0595. The maximum Gasteiger partial charge on any atom is 0.254 e. The van der Waals surface area contributed by atoms with Crippen molar-refractivity contribution in [1.82, 2.24) is 15.2 Å². The number of hydrogen-bond acceptors (Lipinski definition) is 5. The summed E-state index contributed by atoms with van der Waals surface area (Å²) in [5.41, 5.74) is 2.06. The summed E-state index contributed by atoms with van der Waals surface area (Å²) in [5.74, 6) is 3.78. The molecule has 0 aromatic carbocycles. The molecule has 112 valence electrons. The Morgan fingerprint density at radius 3 is 2.75 bits per heavy atom. The van der Waals surface area contributed by atoms with Crippen molar-refractivity contribution in [2.45, 2.75) is 20.3 Å². The highest BCUT2D eigenvalue weighted by Crippen LogP contribution is 2.13. The lowest BCUT2D eigenvalue weighted by molar-refractivity contribution is 0.0947. The zero-order chi connectivity index (χ0) is 15.0. The molecule has 1 heterocycles. The van der Waals surface area contributed by atoms with Crippen LogP contribution in [0, 0.1) is 5.82 Å². The van der Waals surface area contributed by atoms with E-state index in [-0.39, 0.29) is 11.4 Å². The highest BCUT2D eigenvalue weighted by molar-refractivity contribution is 5.95. The molecule has 0 aliphatic rings. The lowest BCUT2D eigenvalue weighted by Crippen LogP contribution is -2.30. The maximum absolute atomic E-state index is 13.8. The number of pyridine rings is 1. The Morgan fingerprint density at radius 1 is 1.45 bits per heavy atom. The number of rotatable bonds is 8. The van der Waals surface area contributed by atoms with Gasteiger partial charge in [0.05, 0.1) is 5.56 Å². The van der Waals surface area contributed by atoms with Crippen molar-refractivity contribution in [1.29, 1.82) is 0 Å². The van der Waals surface area contributed by atoms with E-state index < -0.39 is 11.7 Å². The number of carbonyl (C=O) groups is 1. The second kappa shape index (κ2) is 8.44. The van der Waals surface area contributed by atoms with Crippen LogP contribution in [0.25, 0.3) is 0 Å². The van der Waals surface area contributed by atoms with Crippen molar-refractivity contribution in [3.63, 3.8) is 0 Å². The molecule has 7 heteroatoms. The van der Waals surface area contributed by atoms with Gasteiger partial charge >= 0.3 is 0 Å². The Kier molecular flexibility index (Phi) is 6.89. The average molecular weight is 283 g/mol. The van der Waals surface area contributed by atoms with Gasteiger partial charge in [0.1, 0.15) is 0 Å². The Hall–Kier alpha value is -1.73. The van der Waals surface area contributed by atoms with Gasteiger partial charge in [0.2, 0.25) is 0 Å². The fraction of sp³-hybridized carbons (Fsp3) is 0.538. The van der Waals surface area contributed by atoms with Crippen LogP contribution in [0.5, 0.6) is 0 Å². The first-order chi connectivity index (χ1) is 9.63. The highest BCUT2D eigenvalue weighted by atomic mass is 19.1. The molecule has 0 saturated carbocycles. The van der Waals surface area contributed by atoms with Crippen LogP contribution < -0.4 is 16.6 Å². The second-order valence-corrected chi connectivity index (χ2v) is 4.30. The molecule has 0 bridgehead atoms. The Labute approximate surface area is 118 Å². The number of aromatic nitrogens is 1. The van der Waals surface area contributed by atoms with Gasteiger partial charge in [-0.3, -0.25) is 4.79 Å². The van der Waals surface area contributed by atoms with Gasteiger partial charge < -0.3 is 15.6 Å². The first-order valence-electron chi connectivity index (χ1n) is 6.75. The molecule has 0 unspecified atom stereocenters. The molecule has 0 aliphatic carbocycles. The van der Waals surface area contributed by atoms with E-state index in [1.807, 2.05) is 0 Å². The molecule has 0 atom stereocenters. The number of nitrogen functional groups attached to an aromatic ring is 1. The number of anilines is 1. The molecule has 0 fully saturated rings. The van der Waals surface area contributed by atoms with E-state index in [0.717, 1.165) is 26.1 Å². The number of nitrogens with zero attached hydrogens (tertiary/aromatic N) is 2. The molecule has 4 N–H and O–H groups in total. The molecule has 1 aromatic heterocycles. The summed E-state index contributed by atoms with van der Waals surface area (Å²) in [6.45, 7) is 7.56. The number of hydrogen-bond donors (Lipinski definition) is 3. The molecule has 1 aromatic rings. The van der Waals surface area contributed by atoms with E-state index in [4.69, 9.17) is 5.84 Å². The molecule has 20 heavy (non-hydrogen) atoms. The van der Waals surface area contributed by atoms with Crippen LogP contribution in [-0.4, -0.2) is 42.0 Å². The zero-order valence-corrected chi connectivity index (χ0v) is 11.9. The lowest BCUT2D eigenvalue weighted by Gasteiger charge is -2.17. The Bertz CT molecular complexity index is 437. The number of nitrogens with one attached hydrogen (secondary N) is 2. The molecule has 1 amide bonds. The standard InChI is InChI=1S/C13H22FN5O/c1-3-19(4-2)9-5-7-17-13(20)10-6-8-16-12(18-15)11(10)14/h6,8H,3-5,7,9,15H2,1-2H3,(H,16,18)(H,17,20). The second-order valence-electron chi connectivity index (χ2n) is 4.30. The predicted octanol–water partition coefficient (Wildman–Crippen LogP) is 0.968. The summed E-state index contributed by atoms with van der Waals surface area (Å²) in [7, 11) is 0. The van der Waals surface area contributed by atoms with Gasteiger partial charge in [-0.15, -0.1) is 0 Å². The van der Waals surface area contributed by atoms with Crippen molar-refractivity contribution in [2.24, 2.45) is 5.84 Å². The normalized spacial score (nSPS) is 10.7. The number of halogens is 1. The number of nitrogens with two attached hydrogens (primary N) is 1. The van der Waals surface area contributed by atoms with Crippen LogP contribution in [0.3, 0.4) is 0 Å². The van der Waals surface area contributed by atoms with Crippen molar-refractivity contribution in [3.8, 4) is 0 Å². The van der Waals surface area contributed by atoms with E-state index in [9.17, 15) is 9.18 Å². The van der Waals surface area contributed by atoms with Crippen LogP contribution in [0.1, 0.15) is 30.6 Å². The lowest BCUT2D eigenvalue weighted by atomic mass is 10.2. The Balaban J connectivity index is 2.47. The van der Waals surface area contributed by atoms with E-state index >= 15 is 0 Å². The third-order valence-electron chi connectivity index (χ3n) is 3.10. The maximum atomic E-state index is 13.8. The fourth-order valence-corrected chi connectivity index (χ4v) is 1.86. The van der Waals surface area contributed by atoms with Gasteiger partial charge in [-0.2, -0.15) is 0 Å². The van der Waals surface area contributed by atoms with Crippen molar-refractivity contribution in [2.75, 3.05) is 31.6 Å². The summed E-state index contributed by atoms with van der Waals surface area (Å²) in [6.07, 6.45) is 2.16. The molecule has 0 saturated heterocycles. The summed E-state index contributed by atoms with van der Waals surface area (Å²) in [5, 5.41) is 2.69. The molecule has 0 radical (unpaired) electrons. The SMILES string of the molecule is CCN(CC)CCCNC(=O)c1ccnc(NN)c1F. The van der Waals surface area contributed by atoms with Gasteiger partial charge in [0, 0.05) is 12.7 Å². The largest absolute Gasteiger partial charge is 0.352 e. The van der Waals surface area contributed by atoms with Gasteiger partial charge in [0.25, 0.3) is 5.91 Å². The number of carbonyl (C=O) groups excluding carboxylic acids is 1. The molecule has 0 aliphatic heterocycles. The molecular formula is C13H22FN5O. The first-order valence-corrected chi connectivity index (χ1v) is 6.75. The summed E-state index contributed by atoms with van der Waals surface area (Å²) >= 11 is 0. The minimum Gasteiger partial charge on any atom is -0.352 e. The van der Waals surface area contributed by atoms with E-state index in [0.29, 0.717) is 6.54 Å². The van der Waals surface area contributed by atoms with Crippen LogP contribution in [0.4, 0.5) is 10.2 Å². The van der Waals surface area contributed by atoms with Crippen molar-refractivity contribution >= 4 is 11.7 Å². The molecule has 6 nitrogen and oxygen atoms in total. The van der Waals surface area contributed by atoms with Gasteiger partial charge in [-0.25, -0.2) is 15.2 Å². The summed E-state index contributed by atoms with van der Waals surface area (Å²) in [6, 6.07) is 1.33. The first kappa shape index (κ1) is 16.3. The highest BCUT2D eigenvalue weighted by Gasteiger charge is 2.15. The average Bonchev–Trinajstić information content (AvgIpc) is 2.47.